The summed E-state index contributed by atoms with van der Waals surface area (Å²) in [6, 6.07) is -3.92. The summed E-state index contributed by atoms with van der Waals surface area (Å²) in [7, 11) is 0. The van der Waals surface area contributed by atoms with Gasteiger partial charge in [-0.2, -0.15) is 12.6 Å². The van der Waals surface area contributed by atoms with Crippen LogP contribution >= 0.6 is 25.3 Å². The first-order valence-electron chi connectivity index (χ1n) is 26.5. The molecule has 2 aliphatic rings. The van der Waals surface area contributed by atoms with E-state index >= 15 is 0 Å². The molecule has 438 valence electrons. The van der Waals surface area contributed by atoms with Gasteiger partial charge in [0.15, 0.2) is 5.37 Å². The van der Waals surface area contributed by atoms with Gasteiger partial charge in [-0.25, -0.2) is 0 Å². The van der Waals surface area contributed by atoms with E-state index < -0.39 is 125 Å². The number of aromatic hydroxyl groups is 1. The van der Waals surface area contributed by atoms with Crippen LogP contribution in [-0.4, -0.2) is 191 Å². The Morgan fingerprint density at radius 1 is 0.667 bits per heavy atom. The van der Waals surface area contributed by atoms with Crippen molar-refractivity contribution in [2.45, 2.75) is 147 Å². The summed E-state index contributed by atoms with van der Waals surface area (Å²) in [5, 5.41) is 37.4. The van der Waals surface area contributed by atoms with E-state index in [1.54, 1.807) is 26.0 Å². The maximum absolute atomic E-state index is 14.8. The molecule has 1 aromatic carbocycles. The number of nitrogens with zero attached hydrogens (tertiary/aromatic N) is 2. The van der Waals surface area contributed by atoms with Gasteiger partial charge < -0.3 is 78.2 Å². The number of rotatable bonds is 33. The summed E-state index contributed by atoms with van der Waals surface area (Å²) in [4.78, 5) is 139. The third kappa shape index (κ3) is 21.1. The molecule has 10 atom stereocenters. The predicted molar refractivity (Wildman–Crippen MR) is 293 cm³/mol. The molecule has 1 aromatic rings. The minimum atomic E-state index is -1.60. The molecule has 0 bridgehead atoms. The molecule has 2 heterocycles. The number of phenolic OH excluding ortho intramolecular Hbond substituents is 1. The molecule has 0 saturated carbocycles. The van der Waals surface area contributed by atoms with Crippen LogP contribution in [0.3, 0.4) is 0 Å². The molecule has 1 unspecified atom stereocenters. The number of hydrogen-bond acceptors (Lipinski definition) is 17. The maximum atomic E-state index is 14.8. The molecular formula is C51H83N11O14S2. The van der Waals surface area contributed by atoms with Crippen molar-refractivity contribution in [2.75, 3.05) is 58.4 Å². The highest BCUT2D eigenvalue weighted by atomic mass is 32.1. The topological polar surface area (TPSA) is 372 Å². The molecule has 10 amide bonds. The van der Waals surface area contributed by atoms with E-state index in [0.29, 0.717) is 38.0 Å². The zero-order valence-corrected chi connectivity index (χ0v) is 47.3. The van der Waals surface area contributed by atoms with Gasteiger partial charge in [0.2, 0.25) is 53.2 Å². The number of thiol groups is 2. The van der Waals surface area contributed by atoms with Crippen molar-refractivity contribution < 1.29 is 67.6 Å². The van der Waals surface area contributed by atoms with Crippen LogP contribution < -0.4 is 48.7 Å². The number of carbonyl (C=O) groups is 10. The van der Waals surface area contributed by atoms with E-state index in [2.05, 4.69) is 62.5 Å². The smallest absolute Gasteiger partial charge is 0.256 e. The van der Waals surface area contributed by atoms with Crippen LogP contribution in [0.1, 0.15) is 92.1 Å². The SMILES string of the molecule is CC[C@H](C)[C@H](NC(=O)[C@H](CO)NC(=O)[C@@H]1CCCN1C(=O)C(S)NC(=O)COCCOCCN)C(=O)N[C@@H](Cc1ccc(O)cc1)C(=O)N1CCC[C@H]1C(=O)N[C@@H](CC(C)C)C(=O)N[C@@H](CC(C)C)C(=O)N[C@@H](CS)C(N)=O. The fourth-order valence-corrected chi connectivity index (χ4v) is 9.42. The van der Waals surface area contributed by atoms with Gasteiger partial charge in [-0.1, -0.05) is 60.1 Å². The molecule has 78 heavy (non-hydrogen) atoms. The number of nitrogens with one attached hydrogen (secondary N) is 7. The first kappa shape index (κ1) is 66.5. The maximum Gasteiger partial charge on any atom is 0.256 e. The molecule has 3 rings (SSSR count). The van der Waals surface area contributed by atoms with Crippen molar-refractivity contribution in [3.05, 3.63) is 29.8 Å². The molecule has 25 nitrogen and oxygen atoms in total. The summed E-state index contributed by atoms with van der Waals surface area (Å²) in [5.41, 5.74) is 11.3. The lowest BCUT2D eigenvalue weighted by Crippen LogP contribution is -2.61. The molecule has 2 saturated heterocycles. The fraction of sp³-hybridized carbons (Fsp3) is 0.686. The average Bonchev–Trinajstić information content (AvgIpc) is 4.11. The first-order valence-corrected chi connectivity index (χ1v) is 27.7. The van der Waals surface area contributed by atoms with Crippen LogP contribution in [0, 0.1) is 17.8 Å². The summed E-state index contributed by atoms with van der Waals surface area (Å²) in [6.45, 7) is 10.7. The van der Waals surface area contributed by atoms with Gasteiger partial charge in [-0.05, 0) is 74.0 Å². The third-order valence-electron chi connectivity index (χ3n) is 13.2. The highest BCUT2D eigenvalue weighted by Crippen LogP contribution is 2.23. The van der Waals surface area contributed by atoms with Crippen molar-refractivity contribution in [3.63, 3.8) is 0 Å². The minimum absolute atomic E-state index is 0.0549. The number of carbonyl (C=O) groups excluding carboxylic acids is 10. The molecule has 13 N–H and O–H groups in total. The van der Waals surface area contributed by atoms with Crippen LogP contribution in [-0.2, 0) is 63.8 Å². The predicted octanol–water partition coefficient (Wildman–Crippen LogP) is -2.26. The van der Waals surface area contributed by atoms with Crippen LogP contribution in [0.25, 0.3) is 0 Å². The van der Waals surface area contributed by atoms with Gasteiger partial charge in [-0.15, -0.1) is 12.6 Å². The minimum Gasteiger partial charge on any atom is -0.508 e. The van der Waals surface area contributed by atoms with Gasteiger partial charge in [0.05, 0.1) is 26.4 Å². The summed E-state index contributed by atoms with van der Waals surface area (Å²) < 4.78 is 10.4. The Labute approximate surface area is 467 Å². The highest BCUT2D eigenvalue weighted by molar-refractivity contribution is 7.81. The second-order valence-corrected chi connectivity index (χ2v) is 21.3. The lowest BCUT2D eigenvalue weighted by molar-refractivity contribution is -0.143. The Morgan fingerprint density at radius 2 is 1.17 bits per heavy atom. The van der Waals surface area contributed by atoms with Crippen LogP contribution in [0.5, 0.6) is 5.75 Å². The molecule has 2 fully saturated rings. The van der Waals surface area contributed by atoms with Crippen molar-refractivity contribution in [1.29, 1.82) is 0 Å². The normalized spacial score (nSPS) is 18.4. The number of likely N-dealkylation sites (tertiary alicyclic amines) is 2. The van der Waals surface area contributed by atoms with E-state index in [9.17, 15) is 58.2 Å². The molecule has 27 heteroatoms. The Balaban J connectivity index is 1.80. The monoisotopic (exact) mass is 1140 g/mol. The molecular weight excluding hydrogens is 1050 g/mol. The second kappa shape index (κ2) is 33.6. The largest absolute Gasteiger partial charge is 0.508 e. The molecule has 0 spiro atoms. The van der Waals surface area contributed by atoms with Gasteiger partial charge in [0.1, 0.15) is 60.7 Å². The fourth-order valence-electron chi connectivity index (χ4n) is 8.86. The lowest BCUT2D eigenvalue weighted by Gasteiger charge is -2.32. The van der Waals surface area contributed by atoms with Gasteiger partial charge >= 0.3 is 0 Å². The Kier molecular flexibility index (Phi) is 28.7. The first-order chi connectivity index (χ1) is 37.0. The van der Waals surface area contributed by atoms with Crippen molar-refractivity contribution >= 4 is 84.3 Å². The number of nitrogens with two attached hydrogens (primary N) is 2. The zero-order valence-electron chi connectivity index (χ0n) is 45.5. The number of ether oxygens (including phenoxy) is 2. The Hall–Kier alpha value is -5.74. The number of amides is 10. The number of primary amides is 1. The quantitative estimate of drug-likeness (QED) is 0.0201. The Morgan fingerprint density at radius 3 is 1.68 bits per heavy atom. The number of aliphatic hydroxyl groups excluding tert-OH is 1. The molecule has 0 aliphatic carbocycles. The van der Waals surface area contributed by atoms with Crippen LogP contribution in [0.2, 0.25) is 0 Å². The third-order valence-corrected chi connectivity index (χ3v) is 13.9. The Bertz CT molecular complexity index is 2190. The lowest BCUT2D eigenvalue weighted by atomic mass is 9.96. The molecule has 0 radical (unpaired) electrons. The van der Waals surface area contributed by atoms with Crippen LogP contribution in [0.15, 0.2) is 24.3 Å². The van der Waals surface area contributed by atoms with Gasteiger partial charge in [-0.3, -0.25) is 47.9 Å². The van der Waals surface area contributed by atoms with E-state index in [-0.39, 0.29) is 88.4 Å². The van der Waals surface area contributed by atoms with E-state index in [0.717, 1.165) is 0 Å². The van der Waals surface area contributed by atoms with E-state index in [1.165, 1.54) is 21.9 Å². The summed E-state index contributed by atoms with van der Waals surface area (Å²) in [5.74, 6) is -8.22. The summed E-state index contributed by atoms with van der Waals surface area (Å²) in [6.07, 6.45) is 1.73. The average molecular weight is 1140 g/mol. The highest BCUT2D eigenvalue weighted by Gasteiger charge is 2.42. The van der Waals surface area contributed by atoms with Crippen molar-refractivity contribution in [3.8, 4) is 5.75 Å². The van der Waals surface area contributed by atoms with Crippen molar-refractivity contribution in [2.24, 2.45) is 29.2 Å². The van der Waals surface area contributed by atoms with Crippen LogP contribution in [0.4, 0.5) is 0 Å². The number of hydrogen-bond donors (Lipinski definition) is 13. The van der Waals surface area contributed by atoms with Gasteiger partial charge in [0, 0.05) is 31.8 Å². The molecule has 0 aromatic heterocycles. The zero-order chi connectivity index (χ0) is 58.2. The van der Waals surface area contributed by atoms with E-state index in [1.807, 2.05) is 27.7 Å². The number of phenols is 1. The summed E-state index contributed by atoms with van der Waals surface area (Å²) >= 11 is 8.33. The standard InChI is InChI=1S/C51H83N11O14S2/c1-7-30(6)41(60-45(69)36(25-63)57-47(71)39-11-9-18-62(39)51(74)49(78)59-40(65)26-76-21-20-75-19-16-52)48(72)56-35(24-31-12-14-32(64)15-13-31)50(73)61-17-8-10-38(61)46(70)55-34(23-29(4)5)43(67)54-33(22-28(2)3)44(68)58-37(27-77)42(53)66/h12-15,28-30,33-39,41,49,63-64,77-78H,7-11,16-27,52H2,1-6H3,(H2,53,66)(H,54,67)(H,55,70)(H,56,72)(H,57,71)(H,58,68)(H,59,65)(H,60,69)/t30-,33-,34-,35-,36-,37-,38-,39-,41-,49?/m0/s1. The van der Waals surface area contributed by atoms with Gasteiger partial charge in [0.25, 0.3) is 5.91 Å². The molecule has 2 aliphatic heterocycles. The number of aliphatic hydroxyl groups is 1. The second-order valence-electron chi connectivity index (χ2n) is 20.4. The van der Waals surface area contributed by atoms with E-state index in [4.69, 9.17) is 20.9 Å². The number of benzene rings is 1. The van der Waals surface area contributed by atoms with Crippen molar-refractivity contribution in [1.82, 2.24) is 47.0 Å².